The molecule has 0 heterocycles. The van der Waals surface area contributed by atoms with Crippen molar-refractivity contribution in [1.29, 1.82) is 0 Å². The van der Waals surface area contributed by atoms with Gasteiger partial charge in [0.05, 0.1) is 0 Å². The van der Waals surface area contributed by atoms with Gasteiger partial charge >= 0.3 is 0 Å². The zero-order valence-corrected chi connectivity index (χ0v) is 11.6. The lowest BCUT2D eigenvalue weighted by Crippen LogP contribution is -2.37. The van der Waals surface area contributed by atoms with Gasteiger partial charge in [0, 0.05) is 12.1 Å². The molecule has 4 N–H and O–H groups in total. The van der Waals surface area contributed by atoms with Gasteiger partial charge in [-0.3, -0.25) is 0 Å². The van der Waals surface area contributed by atoms with Gasteiger partial charge in [0.2, 0.25) is 0 Å². The van der Waals surface area contributed by atoms with Gasteiger partial charge in [-0.05, 0) is 68.6 Å². The van der Waals surface area contributed by atoms with Crippen molar-refractivity contribution >= 4 is 0 Å². The van der Waals surface area contributed by atoms with Crippen LogP contribution in [0.2, 0.25) is 0 Å². The zero-order valence-electron chi connectivity index (χ0n) is 11.6. The summed E-state index contributed by atoms with van der Waals surface area (Å²) in [5.41, 5.74) is 12.2. The Balaban J connectivity index is 1.78. The van der Waals surface area contributed by atoms with Crippen LogP contribution in [-0.4, -0.2) is 12.1 Å². The van der Waals surface area contributed by atoms with Crippen LogP contribution in [0.5, 0.6) is 0 Å². The van der Waals surface area contributed by atoms with E-state index in [4.69, 9.17) is 11.5 Å². The van der Waals surface area contributed by atoms with E-state index in [0.717, 1.165) is 23.7 Å². The second kappa shape index (κ2) is 5.71. The highest BCUT2D eigenvalue weighted by atomic mass is 14.7. The van der Waals surface area contributed by atoms with E-state index in [2.05, 4.69) is 13.8 Å². The Morgan fingerprint density at radius 1 is 0.765 bits per heavy atom. The van der Waals surface area contributed by atoms with Gasteiger partial charge in [0.25, 0.3) is 0 Å². The van der Waals surface area contributed by atoms with E-state index in [0.29, 0.717) is 12.1 Å². The molecule has 2 fully saturated rings. The van der Waals surface area contributed by atoms with Crippen LogP contribution in [0.1, 0.15) is 58.8 Å². The van der Waals surface area contributed by atoms with E-state index in [9.17, 15) is 0 Å². The van der Waals surface area contributed by atoms with Crippen LogP contribution in [-0.2, 0) is 0 Å². The molecule has 6 atom stereocenters. The second-order valence-corrected chi connectivity index (χ2v) is 6.88. The van der Waals surface area contributed by atoms with Gasteiger partial charge in [-0.2, -0.15) is 0 Å². The smallest absolute Gasteiger partial charge is 0.00647 e. The summed E-state index contributed by atoms with van der Waals surface area (Å²) in [6.45, 7) is 4.66. The zero-order chi connectivity index (χ0) is 12.4. The Morgan fingerprint density at radius 2 is 1.18 bits per heavy atom. The highest BCUT2D eigenvalue weighted by Gasteiger charge is 2.30. The van der Waals surface area contributed by atoms with Crippen molar-refractivity contribution in [2.45, 2.75) is 70.9 Å². The van der Waals surface area contributed by atoms with E-state index in [1.54, 1.807) is 0 Å². The van der Waals surface area contributed by atoms with Gasteiger partial charge in [-0.1, -0.05) is 13.8 Å². The number of rotatable bonds is 2. The molecule has 0 bridgehead atoms. The summed E-state index contributed by atoms with van der Waals surface area (Å²) in [4.78, 5) is 0. The molecule has 0 aliphatic heterocycles. The maximum atomic E-state index is 6.10. The fraction of sp³-hybridized carbons (Fsp3) is 1.00. The average Bonchev–Trinajstić information content (AvgIpc) is 2.29. The molecule has 0 aromatic rings. The molecule has 2 rings (SSSR count). The first-order valence-electron chi connectivity index (χ1n) is 7.57. The molecule has 17 heavy (non-hydrogen) atoms. The summed E-state index contributed by atoms with van der Waals surface area (Å²) in [5.74, 6) is 3.35. The molecular weight excluding hydrogens is 208 g/mol. The van der Waals surface area contributed by atoms with Crippen molar-refractivity contribution in [3.8, 4) is 0 Å². The SMILES string of the molecule is C[C@@H]1C[C@H](C[C@@H]2CC[C@H](N)[C@@H](C)C2)CC[C@H]1N. The number of hydrogen-bond acceptors (Lipinski definition) is 2. The maximum Gasteiger partial charge on any atom is 0.00647 e. The Labute approximate surface area is 107 Å². The Kier molecular flexibility index (Phi) is 4.48. The maximum absolute atomic E-state index is 6.10. The first kappa shape index (κ1) is 13.4. The lowest BCUT2D eigenvalue weighted by Gasteiger charge is -2.37. The van der Waals surface area contributed by atoms with Crippen LogP contribution in [0, 0.1) is 23.7 Å². The normalized spacial score (nSPS) is 48.0. The molecule has 0 aromatic heterocycles. The summed E-state index contributed by atoms with van der Waals surface area (Å²) in [6, 6.07) is 0.926. The molecule has 0 aromatic carbocycles. The minimum absolute atomic E-state index is 0.463. The van der Waals surface area contributed by atoms with Crippen molar-refractivity contribution in [2.24, 2.45) is 35.1 Å². The monoisotopic (exact) mass is 238 g/mol. The largest absolute Gasteiger partial charge is 0.327 e. The molecule has 0 amide bonds. The fourth-order valence-electron chi connectivity index (χ4n) is 3.96. The van der Waals surface area contributed by atoms with Gasteiger partial charge in [0.15, 0.2) is 0 Å². The number of nitrogens with two attached hydrogens (primary N) is 2. The molecule has 2 saturated carbocycles. The van der Waals surface area contributed by atoms with Crippen LogP contribution in [0.3, 0.4) is 0 Å². The Hall–Kier alpha value is -0.0800. The third-order valence-electron chi connectivity index (χ3n) is 5.36. The lowest BCUT2D eigenvalue weighted by molar-refractivity contribution is 0.169. The molecule has 0 radical (unpaired) electrons. The van der Waals surface area contributed by atoms with Gasteiger partial charge in [-0.25, -0.2) is 0 Å². The standard InChI is InChI=1S/C15H30N2/c1-10-7-12(3-5-14(10)16)9-13-4-6-15(17)11(2)8-13/h10-15H,3-9,16-17H2,1-2H3/t10-,11+,12-,13-,14-,15+/m1/s1. The quantitative estimate of drug-likeness (QED) is 0.777. The van der Waals surface area contributed by atoms with Crippen LogP contribution >= 0.6 is 0 Å². The van der Waals surface area contributed by atoms with Crippen LogP contribution in [0.15, 0.2) is 0 Å². The van der Waals surface area contributed by atoms with Gasteiger partial charge < -0.3 is 11.5 Å². The van der Waals surface area contributed by atoms with E-state index >= 15 is 0 Å². The van der Waals surface area contributed by atoms with Crippen molar-refractivity contribution in [1.82, 2.24) is 0 Å². The summed E-state index contributed by atoms with van der Waals surface area (Å²) in [7, 11) is 0. The minimum atomic E-state index is 0.463. The van der Waals surface area contributed by atoms with E-state index in [-0.39, 0.29) is 0 Å². The van der Waals surface area contributed by atoms with Crippen LogP contribution < -0.4 is 11.5 Å². The van der Waals surface area contributed by atoms with E-state index < -0.39 is 0 Å². The Morgan fingerprint density at radius 3 is 1.53 bits per heavy atom. The summed E-state index contributed by atoms with van der Waals surface area (Å²) >= 11 is 0. The average molecular weight is 238 g/mol. The first-order valence-corrected chi connectivity index (χ1v) is 7.57. The highest BCUT2D eigenvalue weighted by Crippen LogP contribution is 2.38. The first-order chi connectivity index (χ1) is 8.06. The minimum Gasteiger partial charge on any atom is -0.327 e. The fourth-order valence-corrected chi connectivity index (χ4v) is 3.96. The van der Waals surface area contributed by atoms with Gasteiger partial charge in [-0.15, -0.1) is 0 Å². The summed E-state index contributed by atoms with van der Waals surface area (Å²) in [6.07, 6.45) is 9.37. The lowest BCUT2D eigenvalue weighted by atomic mass is 9.71. The van der Waals surface area contributed by atoms with Crippen molar-refractivity contribution in [2.75, 3.05) is 0 Å². The molecule has 0 saturated heterocycles. The summed E-state index contributed by atoms with van der Waals surface area (Å²) < 4.78 is 0. The predicted octanol–water partition coefficient (Wildman–Crippen LogP) is 2.90. The Bertz CT molecular complexity index is 217. The molecule has 2 nitrogen and oxygen atoms in total. The summed E-state index contributed by atoms with van der Waals surface area (Å²) in [5, 5.41) is 0. The van der Waals surface area contributed by atoms with E-state index in [1.807, 2.05) is 0 Å². The van der Waals surface area contributed by atoms with Crippen molar-refractivity contribution in [3.05, 3.63) is 0 Å². The molecule has 2 aliphatic carbocycles. The molecule has 0 spiro atoms. The predicted molar refractivity (Wildman–Crippen MR) is 73.6 cm³/mol. The topological polar surface area (TPSA) is 52.0 Å². The highest BCUT2D eigenvalue weighted by molar-refractivity contribution is 4.85. The van der Waals surface area contributed by atoms with Crippen LogP contribution in [0.4, 0.5) is 0 Å². The molecule has 100 valence electrons. The third kappa shape index (κ3) is 3.45. The molecule has 0 unspecified atom stereocenters. The van der Waals surface area contributed by atoms with Crippen molar-refractivity contribution in [3.63, 3.8) is 0 Å². The third-order valence-corrected chi connectivity index (χ3v) is 5.36. The van der Waals surface area contributed by atoms with Gasteiger partial charge in [0.1, 0.15) is 0 Å². The molecular formula is C15H30N2. The second-order valence-electron chi connectivity index (χ2n) is 6.88. The van der Waals surface area contributed by atoms with Crippen molar-refractivity contribution < 1.29 is 0 Å². The molecule has 2 aliphatic rings. The van der Waals surface area contributed by atoms with Crippen LogP contribution in [0.25, 0.3) is 0 Å². The number of hydrogen-bond donors (Lipinski definition) is 2. The van der Waals surface area contributed by atoms with E-state index in [1.165, 1.54) is 44.9 Å². The molecule has 2 heteroatoms.